The summed E-state index contributed by atoms with van der Waals surface area (Å²) in [5.41, 5.74) is 0. The highest BCUT2D eigenvalue weighted by atomic mass is 31.2. The van der Waals surface area contributed by atoms with E-state index in [1.807, 2.05) is 0 Å². The second-order valence-corrected chi connectivity index (χ2v) is 14.0. The van der Waals surface area contributed by atoms with Crippen LogP contribution in [0.1, 0.15) is 162 Å². The number of carbonyl (C=O) groups is 1. The molecule has 0 aromatic carbocycles. The summed E-state index contributed by atoms with van der Waals surface area (Å²) >= 11 is 0. The van der Waals surface area contributed by atoms with E-state index in [4.69, 9.17) is 23.6 Å². The molecule has 0 aliphatic heterocycles. The van der Waals surface area contributed by atoms with Crippen LogP contribution in [0.25, 0.3) is 0 Å². The molecule has 0 aliphatic carbocycles. The van der Waals surface area contributed by atoms with Crippen LogP contribution in [0.5, 0.6) is 0 Å². The highest BCUT2D eigenvalue weighted by molar-refractivity contribution is 7.47. The molecule has 0 aromatic rings. The van der Waals surface area contributed by atoms with Gasteiger partial charge in [-0.1, -0.05) is 122 Å². The Morgan fingerprint density at radius 3 is 1.68 bits per heavy atom. The Hall–Kier alpha value is -1.06. The average Bonchev–Trinajstić information content (AvgIpc) is 3.06. The van der Waals surface area contributed by atoms with Gasteiger partial charge in [-0.3, -0.25) is 13.8 Å². The van der Waals surface area contributed by atoms with Gasteiger partial charge in [-0.15, -0.1) is 0 Å². The largest absolute Gasteiger partial charge is 0.472 e. The quantitative estimate of drug-likeness (QED) is 0.0254. The van der Waals surface area contributed by atoms with Crippen molar-refractivity contribution in [2.75, 3.05) is 33.0 Å². The molecule has 3 atom stereocenters. The van der Waals surface area contributed by atoms with Gasteiger partial charge in [0.25, 0.3) is 0 Å². The van der Waals surface area contributed by atoms with Crippen molar-refractivity contribution in [3.8, 4) is 0 Å². The van der Waals surface area contributed by atoms with E-state index in [0.717, 1.165) is 70.6 Å². The van der Waals surface area contributed by atoms with Crippen LogP contribution in [0.4, 0.5) is 0 Å². The molecule has 0 bridgehead atoms. The molecule has 0 rings (SSSR count). The van der Waals surface area contributed by atoms with Gasteiger partial charge in [-0.05, 0) is 57.8 Å². The van der Waals surface area contributed by atoms with Gasteiger partial charge < -0.3 is 24.6 Å². The Morgan fingerprint density at radius 2 is 1.13 bits per heavy atom. The minimum atomic E-state index is -4.51. The first-order valence-corrected chi connectivity index (χ1v) is 20.3. The van der Waals surface area contributed by atoms with Crippen LogP contribution in [-0.4, -0.2) is 66.3 Å². The SMILES string of the molecule is CCC/C=C\CCCCCCCCOCC(COP(=O)(O)OCC(O)CO)OC(=O)CCCCCCC/C=C\CCCCCCCC. The Kier molecular flexibility index (Phi) is 34.0. The molecule has 3 N–H and O–H groups in total. The van der Waals surface area contributed by atoms with E-state index in [-0.39, 0.29) is 19.6 Å². The average molecular weight is 691 g/mol. The van der Waals surface area contributed by atoms with Crippen molar-refractivity contribution >= 4 is 13.8 Å². The van der Waals surface area contributed by atoms with Crippen LogP contribution in [-0.2, 0) is 27.9 Å². The molecule has 9 nitrogen and oxygen atoms in total. The van der Waals surface area contributed by atoms with Gasteiger partial charge >= 0.3 is 13.8 Å². The number of aliphatic hydroxyl groups excluding tert-OH is 2. The summed E-state index contributed by atoms with van der Waals surface area (Å²) < 4.78 is 33.2. The molecule has 0 fully saturated rings. The molecule has 10 heteroatoms. The van der Waals surface area contributed by atoms with Crippen LogP contribution >= 0.6 is 7.82 Å². The summed E-state index contributed by atoms with van der Waals surface area (Å²) in [5, 5.41) is 18.3. The summed E-state index contributed by atoms with van der Waals surface area (Å²) in [6.07, 6.45) is 32.8. The third kappa shape index (κ3) is 34.6. The molecule has 0 amide bonds. The normalized spacial score (nSPS) is 14.6. The van der Waals surface area contributed by atoms with Gasteiger partial charge in [0.15, 0.2) is 0 Å². The monoisotopic (exact) mass is 690 g/mol. The number of ether oxygens (including phenoxy) is 2. The van der Waals surface area contributed by atoms with E-state index < -0.39 is 39.2 Å². The molecule has 3 unspecified atom stereocenters. The molecule has 278 valence electrons. The van der Waals surface area contributed by atoms with E-state index in [1.165, 1.54) is 70.6 Å². The topological polar surface area (TPSA) is 132 Å². The Morgan fingerprint density at radius 1 is 0.638 bits per heavy atom. The highest BCUT2D eigenvalue weighted by Crippen LogP contribution is 2.43. The summed E-state index contributed by atoms with van der Waals surface area (Å²) in [5.74, 6) is -0.395. The number of phosphoric ester groups is 1. The van der Waals surface area contributed by atoms with Crippen LogP contribution < -0.4 is 0 Å². The zero-order valence-corrected chi connectivity index (χ0v) is 30.9. The van der Waals surface area contributed by atoms with Gasteiger partial charge in [0, 0.05) is 13.0 Å². The number of rotatable bonds is 36. The highest BCUT2D eigenvalue weighted by Gasteiger charge is 2.26. The van der Waals surface area contributed by atoms with Crippen LogP contribution in [0.3, 0.4) is 0 Å². The number of phosphoric acid groups is 1. The van der Waals surface area contributed by atoms with Crippen LogP contribution in [0, 0.1) is 0 Å². The Bertz CT molecular complexity index is 790. The lowest BCUT2D eigenvalue weighted by Crippen LogP contribution is -2.29. The lowest BCUT2D eigenvalue weighted by molar-refractivity contribution is -0.154. The molecule has 0 spiro atoms. The summed E-state index contributed by atoms with van der Waals surface area (Å²) in [6, 6.07) is 0. The minimum Gasteiger partial charge on any atom is -0.457 e. The third-order valence-electron chi connectivity index (χ3n) is 7.84. The summed E-state index contributed by atoms with van der Waals surface area (Å²) in [6.45, 7) is 3.42. The zero-order chi connectivity index (χ0) is 34.7. The van der Waals surface area contributed by atoms with Gasteiger partial charge in [0.2, 0.25) is 0 Å². The number of hydrogen-bond donors (Lipinski definition) is 3. The Labute approximate surface area is 287 Å². The molecular formula is C37H71O9P. The second kappa shape index (κ2) is 34.8. The fraction of sp³-hybridized carbons (Fsp3) is 0.865. The fourth-order valence-corrected chi connectivity index (χ4v) is 5.73. The number of aliphatic hydroxyl groups is 2. The maximum Gasteiger partial charge on any atom is 0.472 e. The van der Waals surface area contributed by atoms with E-state index in [0.29, 0.717) is 6.61 Å². The number of unbranched alkanes of at least 4 members (excludes halogenated alkanes) is 18. The van der Waals surface area contributed by atoms with E-state index in [1.54, 1.807) is 0 Å². The third-order valence-corrected chi connectivity index (χ3v) is 8.79. The van der Waals surface area contributed by atoms with E-state index >= 15 is 0 Å². The molecule has 0 radical (unpaired) electrons. The van der Waals surface area contributed by atoms with Crippen LogP contribution in [0.15, 0.2) is 24.3 Å². The minimum absolute atomic E-state index is 0.0431. The van der Waals surface area contributed by atoms with Crippen molar-refractivity contribution in [3.05, 3.63) is 24.3 Å². The fourth-order valence-electron chi connectivity index (χ4n) is 4.94. The zero-order valence-electron chi connectivity index (χ0n) is 30.0. The molecule has 0 aliphatic rings. The molecule has 0 heterocycles. The number of carbonyl (C=O) groups excluding carboxylic acids is 1. The van der Waals surface area contributed by atoms with Crippen molar-refractivity contribution in [2.45, 2.75) is 174 Å². The standard InChI is InChI=1S/C37H71O9P/c1-3-5-7-9-11-13-15-16-17-18-19-21-23-25-27-29-37(40)46-36(34-45-47(41,42)44-32-35(39)31-38)33-43-30-28-26-24-22-20-14-12-10-8-6-4-2/h8,10,16-17,35-36,38-39H,3-7,9,11-15,18-34H2,1-2H3,(H,41,42)/b10-8-,17-16-. The maximum atomic E-state index is 12.5. The van der Waals surface area contributed by atoms with Crippen LogP contribution in [0.2, 0.25) is 0 Å². The predicted molar refractivity (Wildman–Crippen MR) is 191 cm³/mol. The smallest absolute Gasteiger partial charge is 0.457 e. The molecule has 0 saturated heterocycles. The Balaban J connectivity index is 4.25. The van der Waals surface area contributed by atoms with Crippen molar-refractivity contribution < 1.29 is 43.0 Å². The predicted octanol–water partition coefficient (Wildman–Crippen LogP) is 9.53. The van der Waals surface area contributed by atoms with Gasteiger partial charge in [-0.2, -0.15) is 0 Å². The first kappa shape index (κ1) is 45.9. The number of esters is 1. The number of allylic oxidation sites excluding steroid dienone is 4. The first-order valence-electron chi connectivity index (χ1n) is 18.8. The van der Waals surface area contributed by atoms with Crippen molar-refractivity contribution in [3.63, 3.8) is 0 Å². The van der Waals surface area contributed by atoms with Gasteiger partial charge in [0.1, 0.15) is 12.2 Å². The summed E-state index contributed by atoms with van der Waals surface area (Å²) in [4.78, 5) is 22.4. The molecule has 47 heavy (non-hydrogen) atoms. The number of hydrogen-bond acceptors (Lipinski definition) is 8. The van der Waals surface area contributed by atoms with Crippen molar-refractivity contribution in [1.29, 1.82) is 0 Å². The second-order valence-electron chi connectivity index (χ2n) is 12.6. The summed E-state index contributed by atoms with van der Waals surface area (Å²) in [7, 11) is -4.51. The van der Waals surface area contributed by atoms with Gasteiger partial charge in [-0.25, -0.2) is 4.57 Å². The first-order chi connectivity index (χ1) is 22.8. The van der Waals surface area contributed by atoms with Gasteiger partial charge in [0.05, 0.1) is 26.4 Å². The molecule has 0 aromatic heterocycles. The molecule has 0 saturated carbocycles. The van der Waals surface area contributed by atoms with E-state index in [2.05, 4.69) is 38.2 Å². The lowest BCUT2D eigenvalue weighted by Gasteiger charge is -2.20. The van der Waals surface area contributed by atoms with Crippen molar-refractivity contribution in [2.24, 2.45) is 0 Å². The lowest BCUT2D eigenvalue weighted by atomic mass is 10.1. The van der Waals surface area contributed by atoms with Crippen molar-refractivity contribution in [1.82, 2.24) is 0 Å². The van der Waals surface area contributed by atoms with E-state index in [9.17, 15) is 19.4 Å². The molecular weight excluding hydrogens is 619 g/mol. The maximum absolute atomic E-state index is 12.5.